The maximum atomic E-state index is 12.9. The van der Waals surface area contributed by atoms with Gasteiger partial charge in [0.25, 0.3) is 0 Å². The standard InChI is InChI=1S/C26H31NO9/c1-13(33-15(3)28)23(29)34-14(2)24(30)35-18-8-9-26(31)19-12-16-6-7-17(32-5)21-20(16)25(26,22(18)36-21)10-11-27(19)4/h6-8,13-14,19,22,31H,9-12H2,1-5H3/t13-,14-,19+,22-,25-,26+/m0/s1. The predicted octanol–water partition coefficient (Wildman–Crippen LogP) is 1.40. The summed E-state index contributed by atoms with van der Waals surface area (Å²) in [5, 5.41) is 12.2. The van der Waals surface area contributed by atoms with Crippen LogP contribution in [0.25, 0.3) is 0 Å². The van der Waals surface area contributed by atoms with Gasteiger partial charge in [-0.1, -0.05) is 6.07 Å². The number of hydrogen-bond acceptors (Lipinski definition) is 10. The average Bonchev–Trinajstić information content (AvgIpc) is 3.18. The van der Waals surface area contributed by atoms with Crippen LogP contribution in [0.4, 0.5) is 0 Å². The van der Waals surface area contributed by atoms with E-state index >= 15 is 0 Å². The van der Waals surface area contributed by atoms with Crippen molar-refractivity contribution in [2.24, 2.45) is 0 Å². The third-order valence-electron chi connectivity index (χ3n) is 8.08. The maximum absolute atomic E-state index is 12.9. The number of likely N-dealkylation sites (N-methyl/N-ethyl adjacent to an activating group) is 1. The zero-order valence-corrected chi connectivity index (χ0v) is 21.0. The Labute approximate surface area is 209 Å². The van der Waals surface area contributed by atoms with Crippen LogP contribution < -0.4 is 9.47 Å². The van der Waals surface area contributed by atoms with Gasteiger partial charge in [-0.15, -0.1) is 0 Å². The SMILES string of the molecule is COc1ccc2c3c1O[C@H]1C(OC(=O)[C@H](C)OC(=O)[C@H](C)OC(C)=O)=CC[C@@]4(O)[C@@H](C2)N(C)CC[C@]314. The Morgan fingerprint density at radius 2 is 1.89 bits per heavy atom. The molecule has 0 saturated carbocycles. The first-order chi connectivity index (χ1) is 17.0. The van der Waals surface area contributed by atoms with Crippen LogP contribution in [0.1, 0.15) is 44.7 Å². The van der Waals surface area contributed by atoms with Crippen LogP contribution in [0.2, 0.25) is 0 Å². The minimum Gasteiger partial charge on any atom is -0.493 e. The summed E-state index contributed by atoms with van der Waals surface area (Å²) in [5.41, 5.74) is 0.0808. The van der Waals surface area contributed by atoms with Gasteiger partial charge in [-0.3, -0.25) is 4.79 Å². The molecule has 194 valence electrons. The summed E-state index contributed by atoms with van der Waals surface area (Å²) in [6.45, 7) is 4.67. The topological polar surface area (TPSA) is 121 Å². The number of methoxy groups -OCH3 is 1. The predicted molar refractivity (Wildman–Crippen MR) is 124 cm³/mol. The number of ether oxygens (including phenoxy) is 5. The maximum Gasteiger partial charge on any atom is 0.352 e. The van der Waals surface area contributed by atoms with Crippen molar-refractivity contribution < 1.29 is 43.2 Å². The smallest absolute Gasteiger partial charge is 0.352 e. The van der Waals surface area contributed by atoms with Crippen molar-refractivity contribution in [1.29, 1.82) is 0 Å². The molecule has 2 aliphatic heterocycles. The first-order valence-corrected chi connectivity index (χ1v) is 12.1. The lowest BCUT2D eigenvalue weighted by Gasteiger charge is -2.61. The number of benzene rings is 1. The summed E-state index contributed by atoms with van der Waals surface area (Å²) in [5.74, 6) is -0.881. The molecule has 2 bridgehead atoms. The second-order valence-electron chi connectivity index (χ2n) is 10.0. The van der Waals surface area contributed by atoms with Crippen molar-refractivity contribution in [2.45, 2.75) is 75.4 Å². The Kier molecular flexibility index (Phi) is 5.79. The molecule has 1 spiro atoms. The molecule has 0 amide bonds. The summed E-state index contributed by atoms with van der Waals surface area (Å²) in [6, 6.07) is 3.76. The van der Waals surface area contributed by atoms with Crippen molar-refractivity contribution in [3.8, 4) is 11.5 Å². The van der Waals surface area contributed by atoms with E-state index in [9.17, 15) is 19.5 Å². The summed E-state index contributed by atoms with van der Waals surface area (Å²) in [6.07, 6.45) is 0.105. The fourth-order valence-corrected chi connectivity index (χ4v) is 6.40. The van der Waals surface area contributed by atoms with Gasteiger partial charge in [0.1, 0.15) is 5.76 Å². The fraction of sp³-hybridized carbons (Fsp3) is 0.577. The van der Waals surface area contributed by atoms with E-state index in [2.05, 4.69) is 4.90 Å². The van der Waals surface area contributed by atoms with E-state index in [1.165, 1.54) is 20.8 Å². The van der Waals surface area contributed by atoms with Crippen molar-refractivity contribution in [3.63, 3.8) is 0 Å². The fourth-order valence-electron chi connectivity index (χ4n) is 6.40. The number of likely N-dealkylation sites (tertiary alicyclic amines) is 1. The van der Waals surface area contributed by atoms with Crippen LogP contribution in [-0.4, -0.2) is 78.6 Å². The minimum absolute atomic E-state index is 0.125. The number of aliphatic hydroxyl groups is 1. The van der Waals surface area contributed by atoms with Gasteiger partial charge >= 0.3 is 17.9 Å². The first kappa shape index (κ1) is 24.6. The van der Waals surface area contributed by atoms with Gasteiger partial charge < -0.3 is 33.7 Å². The lowest BCUT2D eigenvalue weighted by atomic mass is 9.50. The first-order valence-electron chi connectivity index (χ1n) is 12.1. The molecule has 0 unspecified atom stereocenters. The molecule has 2 aliphatic carbocycles. The Balaban J connectivity index is 1.45. The van der Waals surface area contributed by atoms with Gasteiger partial charge in [0.05, 0.1) is 18.1 Å². The van der Waals surface area contributed by atoms with Crippen LogP contribution in [-0.2, 0) is 40.4 Å². The van der Waals surface area contributed by atoms with E-state index in [-0.39, 0.29) is 18.2 Å². The number of hydrogen-bond donors (Lipinski definition) is 1. The van der Waals surface area contributed by atoms with Gasteiger partial charge in [0.2, 0.25) is 0 Å². The molecule has 10 heteroatoms. The summed E-state index contributed by atoms with van der Waals surface area (Å²) < 4.78 is 27.7. The highest BCUT2D eigenvalue weighted by Gasteiger charge is 2.72. The molecular weight excluding hydrogens is 470 g/mol. The lowest BCUT2D eigenvalue weighted by molar-refractivity contribution is -0.179. The molecular formula is C26H31NO9. The van der Waals surface area contributed by atoms with Crippen molar-refractivity contribution in [3.05, 3.63) is 35.1 Å². The van der Waals surface area contributed by atoms with Crippen molar-refractivity contribution in [1.82, 2.24) is 4.90 Å². The molecule has 6 atom stereocenters. The highest BCUT2D eigenvalue weighted by Crippen LogP contribution is 2.65. The van der Waals surface area contributed by atoms with Crippen LogP contribution >= 0.6 is 0 Å². The second-order valence-corrected chi connectivity index (χ2v) is 10.0. The molecule has 1 fully saturated rings. The van der Waals surface area contributed by atoms with Gasteiger partial charge in [0, 0.05) is 24.9 Å². The summed E-state index contributed by atoms with van der Waals surface area (Å²) in [7, 11) is 3.58. The van der Waals surface area contributed by atoms with E-state index < -0.39 is 47.2 Å². The highest BCUT2D eigenvalue weighted by molar-refractivity contribution is 5.83. The number of esters is 3. The molecule has 1 N–H and O–H groups in total. The molecule has 0 aromatic heterocycles. The largest absolute Gasteiger partial charge is 0.493 e. The molecule has 4 aliphatic rings. The number of rotatable bonds is 6. The summed E-state index contributed by atoms with van der Waals surface area (Å²) in [4.78, 5) is 38.4. The Morgan fingerprint density at radius 3 is 2.58 bits per heavy atom. The normalized spacial score (nSPS) is 31.2. The molecule has 10 nitrogen and oxygen atoms in total. The quantitative estimate of drug-likeness (QED) is 0.452. The van der Waals surface area contributed by atoms with Crippen LogP contribution in [0.15, 0.2) is 24.0 Å². The highest BCUT2D eigenvalue weighted by atomic mass is 16.6. The van der Waals surface area contributed by atoms with Crippen molar-refractivity contribution >= 4 is 17.9 Å². The number of nitrogens with zero attached hydrogens (tertiary/aromatic N) is 1. The van der Waals surface area contributed by atoms with E-state index in [0.29, 0.717) is 24.3 Å². The summed E-state index contributed by atoms with van der Waals surface area (Å²) >= 11 is 0. The molecule has 2 heterocycles. The van der Waals surface area contributed by atoms with Gasteiger partial charge in [-0.05, 0) is 58.0 Å². The monoisotopic (exact) mass is 501 g/mol. The number of carbonyl (C=O) groups is 3. The molecule has 0 radical (unpaired) electrons. The van der Waals surface area contributed by atoms with Crippen molar-refractivity contribution in [2.75, 3.05) is 20.7 Å². The zero-order chi connectivity index (χ0) is 26.0. The average molecular weight is 502 g/mol. The van der Waals surface area contributed by atoms with E-state index in [0.717, 1.165) is 17.7 Å². The Morgan fingerprint density at radius 1 is 1.17 bits per heavy atom. The van der Waals surface area contributed by atoms with Gasteiger partial charge in [-0.2, -0.15) is 0 Å². The molecule has 36 heavy (non-hydrogen) atoms. The van der Waals surface area contributed by atoms with E-state index in [1.54, 1.807) is 13.2 Å². The van der Waals surface area contributed by atoms with E-state index in [1.807, 2.05) is 19.2 Å². The number of carbonyl (C=O) groups excluding carboxylic acids is 3. The van der Waals surface area contributed by atoms with Crippen LogP contribution in [0.3, 0.4) is 0 Å². The van der Waals surface area contributed by atoms with Crippen LogP contribution in [0, 0.1) is 0 Å². The molecule has 5 rings (SSSR count). The van der Waals surface area contributed by atoms with Gasteiger partial charge in [0.15, 0.2) is 29.8 Å². The minimum atomic E-state index is -1.25. The lowest BCUT2D eigenvalue weighted by Crippen LogP contribution is -2.74. The Hall–Kier alpha value is -3.11. The molecule has 1 saturated heterocycles. The molecule has 1 aromatic carbocycles. The third kappa shape index (κ3) is 3.34. The van der Waals surface area contributed by atoms with Gasteiger partial charge in [-0.25, -0.2) is 9.59 Å². The molecule has 1 aromatic rings. The Bertz CT molecular complexity index is 1160. The van der Waals surface area contributed by atoms with E-state index in [4.69, 9.17) is 23.7 Å². The van der Waals surface area contributed by atoms with Crippen LogP contribution in [0.5, 0.6) is 11.5 Å². The number of piperidine rings is 1. The zero-order valence-electron chi connectivity index (χ0n) is 21.0. The second kappa shape index (κ2) is 8.48. The third-order valence-corrected chi connectivity index (χ3v) is 8.08.